The van der Waals surface area contributed by atoms with Crippen LogP contribution >= 0.6 is 11.3 Å². The lowest BCUT2D eigenvalue weighted by Gasteiger charge is -2.07. The fraction of sp³-hybridized carbons (Fsp3) is 0.200. The van der Waals surface area contributed by atoms with Gasteiger partial charge in [-0.05, 0) is 36.1 Å². The fourth-order valence-corrected chi connectivity index (χ4v) is 2.32. The molecule has 1 aromatic heterocycles. The van der Waals surface area contributed by atoms with Crippen molar-refractivity contribution in [3.63, 3.8) is 0 Å². The first-order valence-electron chi connectivity index (χ1n) is 6.42. The highest BCUT2D eigenvalue weighted by molar-refractivity contribution is 7.08. The molecule has 0 saturated carbocycles. The Hall–Kier alpha value is -2.21. The van der Waals surface area contributed by atoms with E-state index in [0.29, 0.717) is 17.7 Å². The average molecular weight is 306 g/mol. The van der Waals surface area contributed by atoms with E-state index in [0.717, 1.165) is 0 Å². The molecule has 1 aromatic carbocycles. The minimum atomic E-state index is -0.409. The molecule has 6 heteroatoms. The molecule has 0 saturated heterocycles. The number of amides is 2. The van der Waals surface area contributed by atoms with E-state index >= 15 is 0 Å². The van der Waals surface area contributed by atoms with Crippen LogP contribution in [0.3, 0.4) is 0 Å². The van der Waals surface area contributed by atoms with E-state index in [-0.39, 0.29) is 23.9 Å². The van der Waals surface area contributed by atoms with Gasteiger partial charge in [-0.3, -0.25) is 9.59 Å². The molecule has 0 atom stereocenters. The van der Waals surface area contributed by atoms with Gasteiger partial charge in [0.25, 0.3) is 11.8 Å². The number of rotatable bonds is 5. The predicted octanol–water partition coefficient (Wildman–Crippen LogP) is 2.36. The van der Waals surface area contributed by atoms with Gasteiger partial charge in [0.1, 0.15) is 5.82 Å². The third-order valence-electron chi connectivity index (χ3n) is 2.91. The quantitative estimate of drug-likeness (QED) is 0.833. The van der Waals surface area contributed by atoms with Gasteiger partial charge in [-0.1, -0.05) is 6.07 Å². The van der Waals surface area contributed by atoms with Gasteiger partial charge in [0.15, 0.2) is 0 Å². The molecule has 2 aromatic rings. The van der Waals surface area contributed by atoms with Crippen molar-refractivity contribution in [2.24, 2.45) is 0 Å². The molecular weight excluding hydrogens is 291 g/mol. The molecule has 21 heavy (non-hydrogen) atoms. The van der Waals surface area contributed by atoms with Crippen LogP contribution in [0.15, 0.2) is 35.0 Å². The van der Waals surface area contributed by atoms with E-state index in [1.807, 2.05) is 5.38 Å². The summed E-state index contributed by atoms with van der Waals surface area (Å²) in [5.74, 6) is -0.945. The number of thiophene rings is 1. The summed E-state index contributed by atoms with van der Waals surface area (Å²) in [4.78, 5) is 23.4. The van der Waals surface area contributed by atoms with Crippen LogP contribution in [0, 0.1) is 12.7 Å². The number of carbonyl (C=O) groups is 2. The van der Waals surface area contributed by atoms with Crippen LogP contribution in [0.1, 0.15) is 26.3 Å². The number of hydrogen-bond acceptors (Lipinski definition) is 3. The second kappa shape index (κ2) is 6.99. The molecule has 0 aliphatic rings. The minimum absolute atomic E-state index is 0.174. The molecule has 2 rings (SSSR count). The monoisotopic (exact) mass is 306 g/mol. The summed E-state index contributed by atoms with van der Waals surface area (Å²) in [7, 11) is 0. The van der Waals surface area contributed by atoms with E-state index in [9.17, 15) is 14.0 Å². The maximum Gasteiger partial charge on any atom is 0.252 e. The first-order valence-corrected chi connectivity index (χ1v) is 7.37. The highest BCUT2D eigenvalue weighted by Gasteiger charge is 2.08. The zero-order valence-corrected chi connectivity index (χ0v) is 12.3. The Kier molecular flexibility index (Phi) is 5.05. The van der Waals surface area contributed by atoms with Gasteiger partial charge < -0.3 is 10.6 Å². The topological polar surface area (TPSA) is 58.2 Å². The number of nitrogens with one attached hydrogen (secondary N) is 2. The number of carbonyl (C=O) groups excluding carboxylic acids is 2. The standard InChI is InChI=1S/C15H15FN2O2S/c1-10-2-3-11(8-13(10)16)14(19)17-5-6-18-15(20)12-4-7-21-9-12/h2-4,7-9H,5-6H2,1H3,(H,17,19)(H,18,20). The molecule has 0 fully saturated rings. The lowest BCUT2D eigenvalue weighted by atomic mass is 10.1. The van der Waals surface area contributed by atoms with Crippen molar-refractivity contribution in [3.8, 4) is 0 Å². The fourth-order valence-electron chi connectivity index (χ4n) is 1.68. The largest absolute Gasteiger partial charge is 0.350 e. The van der Waals surface area contributed by atoms with E-state index in [2.05, 4.69) is 10.6 Å². The van der Waals surface area contributed by atoms with Crippen LogP contribution in [0.25, 0.3) is 0 Å². The van der Waals surface area contributed by atoms with Crippen LogP contribution < -0.4 is 10.6 Å². The summed E-state index contributed by atoms with van der Waals surface area (Å²) >= 11 is 1.45. The molecule has 2 amide bonds. The van der Waals surface area contributed by atoms with Gasteiger partial charge in [-0.15, -0.1) is 0 Å². The van der Waals surface area contributed by atoms with Gasteiger partial charge in [0.2, 0.25) is 0 Å². The van der Waals surface area contributed by atoms with Crippen molar-refractivity contribution in [1.29, 1.82) is 0 Å². The Morgan fingerprint density at radius 2 is 1.76 bits per heavy atom. The predicted molar refractivity (Wildman–Crippen MR) is 80.1 cm³/mol. The lowest BCUT2D eigenvalue weighted by Crippen LogP contribution is -2.34. The van der Waals surface area contributed by atoms with E-state index in [1.165, 1.54) is 17.4 Å². The molecule has 2 N–H and O–H groups in total. The molecule has 0 unspecified atom stereocenters. The van der Waals surface area contributed by atoms with Crippen molar-refractivity contribution < 1.29 is 14.0 Å². The van der Waals surface area contributed by atoms with Gasteiger partial charge in [-0.2, -0.15) is 11.3 Å². The Bertz CT molecular complexity index is 641. The summed E-state index contributed by atoms with van der Waals surface area (Å²) < 4.78 is 13.4. The highest BCUT2D eigenvalue weighted by atomic mass is 32.1. The minimum Gasteiger partial charge on any atom is -0.350 e. The van der Waals surface area contributed by atoms with Crippen LogP contribution in [-0.4, -0.2) is 24.9 Å². The average Bonchev–Trinajstić information content (AvgIpc) is 3.00. The van der Waals surface area contributed by atoms with Gasteiger partial charge >= 0.3 is 0 Å². The van der Waals surface area contributed by atoms with Gasteiger partial charge in [0, 0.05) is 29.6 Å². The molecule has 0 aliphatic heterocycles. The third-order valence-corrected chi connectivity index (χ3v) is 3.60. The Balaban J connectivity index is 1.77. The first kappa shape index (κ1) is 15.2. The summed E-state index contributed by atoms with van der Waals surface area (Å²) in [6, 6.07) is 6.06. The van der Waals surface area contributed by atoms with Crippen molar-refractivity contribution >= 4 is 23.2 Å². The Labute approximate surface area is 126 Å². The Morgan fingerprint density at radius 3 is 2.33 bits per heavy atom. The molecule has 1 heterocycles. The SMILES string of the molecule is Cc1ccc(C(=O)NCCNC(=O)c2ccsc2)cc1F. The van der Waals surface area contributed by atoms with Gasteiger partial charge in [-0.25, -0.2) is 4.39 Å². The van der Waals surface area contributed by atoms with Crippen molar-refractivity contribution in [1.82, 2.24) is 10.6 Å². The molecule has 0 bridgehead atoms. The van der Waals surface area contributed by atoms with Crippen LogP contribution in [-0.2, 0) is 0 Å². The molecular formula is C15H15FN2O2S. The van der Waals surface area contributed by atoms with Crippen molar-refractivity contribution in [2.75, 3.05) is 13.1 Å². The molecule has 110 valence electrons. The van der Waals surface area contributed by atoms with E-state index in [1.54, 1.807) is 30.5 Å². The number of hydrogen-bond donors (Lipinski definition) is 2. The van der Waals surface area contributed by atoms with Crippen LogP contribution in [0.2, 0.25) is 0 Å². The Morgan fingerprint density at radius 1 is 1.10 bits per heavy atom. The van der Waals surface area contributed by atoms with Gasteiger partial charge in [0.05, 0.1) is 0 Å². The maximum atomic E-state index is 13.4. The summed E-state index contributed by atoms with van der Waals surface area (Å²) in [6.07, 6.45) is 0. The molecule has 4 nitrogen and oxygen atoms in total. The summed E-state index contributed by atoms with van der Waals surface area (Å²) in [5, 5.41) is 8.89. The van der Waals surface area contributed by atoms with Crippen molar-refractivity contribution in [2.45, 2.75) is 6.92 Å². The second-order valence-electron chi connectivity index (χ2n) is 4.49. The number of benzene rings is 1. The zero-order chi connectivity index (χ0) is 15.2. The van der Waals surface area contributed by atoms with Crippen LogP contribution in [0.4, 0.5) is 4.39 Å². The number of aryl methyl sites for hydroxylation is 1. The molecule has 0 aliphatic carbocycles. The maximum absolute atomic E-state index is 13.4. The first-order chi connectivity index (χ1) is 10.1. The second-order valence-corrected chi connectivity index (χ2v) is 5.27. The van der Waals surface area contributed by atoms with E-state index in [4.69, 9.17) is 0 Å². The third kappa shape index (κ3) is 4.13. The highest BCUT2D eigenvalue weighted by Crippen LogP contribution is 2.09. The van der Waals surface area contributed by atoms with Crippen LogP contribution in [0.5, 0.6) is 0 Å². The summed E-state index contributed by atoms with van der Waals surface area (Å²) in [5.41, 5.74) is 1.36. The molecule has 0 radical (unpaired) electrons. The summed E-state index contributed by atoms with van der Waals surface area (Å²) in [6.45, 7) is 2.23. The normalized spacial score (nSPS) is 10.2. The smallest absolute Gasteiger partial charge is 0.252 e. The van der Waals surface area contributed by atoms with E-state index < -0.39 is 5.82 Å². The lowest BCUT2D eigenvalue weighted by molar-refractivity contribution is 0.0927. The number of halogens is 1. The zero-order valence-electron chi connectivity index (χ0n) is 11.5. The molecule has 0 spiro atoms. The van der Waals surface area contributed by atoms with Crippen molar-refractivity contribution in [3.05, 3.63) is 57.5 Å².